The first kappa shape index (κ1) is 16.7. The van der Waals surface area contributed by atoms with Crippen molar-refractivity contribution in [2.45, 2.75) is 6.54 Å². The lowest BCUT2D eigenvalue weighted by Crippen LogP contribution is -2.18. The van der Waals surface area contributed by atoms with Crippen LogP contribution < -0.4 is 10.6 Å². The molecule has 0 aliphatic carbocycles. The third-order valence-corrected chi connectivity index (χ3v) is 3.53. The van der Waals surface area contributed by atoms with Gasteiger partial charge in [-0.3, -0.25) is 9.59 Å². The molecular formula is C16H16N4O2S. The average Bonchev–Trinajstić information content (AvgIpc) is 2.60. The molecule has 6 nitrogen and oxygen atoms in total. The highest BCUT2D eigenvalue weighted by molar-refractivity contribution is 8.16. The Morgan fingerprint density at radius 1 is 1.26 bits per heavy atom. The zero-order valence-corrected chi connectivity index (χ0v) is 13.3. The monoisotopic (exact) mass is 328 g/mol. The van der Waals surface area contributed by atoms with Gasteiger partial charge in [0, 0.05) is 19.8 Å². The van der Waals surface area contributed by atoms with E-state index in [0.29, 0.717) is 23.8 Å². The molecule has 0 saturated carbocycles. The number of hydrogen-bond donors (Lipinski definition) is 2. The predicted octanol–water partition coefficient (Wildman–Crippen LogP) is 2.10. The topological polar surface area (TPSA) is 84.0 Å². The van der Waals surface area contributed by atoms with Gasteiger partial charge in [0.2, 0.25) is 5.95 Å². The normalized spacial score (nSPS) is 10.9. The van der Waals surface area contributed by atoms with E-state index in [4.69, 9.17) is 0 Å². The van der Waals surface area contributed by atoms with Crippen LogP contribution in [-0.4, -0.2) is 28.5 Å². The van der Waals surface area contributed by atoms with Gasteiger partial charge in [-0.1, -0.05) is 30.3 Å². The van der Waals surface area contributed by atoms with E-state index in [1.165, 1.54) is 7.05 Å². The highest BCUT2D eigenvalue weighted by Gasteiger charge is 2.08. The molecule has 0 unspecified atom stereocenters. The quantitative estimate of drug-likeness (QED) is 0.598. The Balaban J connectivity index is 2.12. The highest BCUT2D eigenvalue weighted by Crippen LogP contribution is 2.16. The van der Waals surface area contributed by atoms with Crippen LogP contribution in [0.2, 0.25) is 0 Å². The summed E-state index contributed by atoms with van der Waals surface area (Å²) in [5.41, 5.74) is 2.26. The molecule has 0 atom stereocenters. The number of aromatic nitrogens is 2. The minimum atomic E-state index is -0.334. The molecule has 2 rings (SSSR count). The maximum absolute atomic E-state index is 11.7. The Hall–Kier alpha value is -2.67. The van der Waals surface area contributed by atoms with Gasteiger partial charge in [0.15, 0.2) is 5.62 Å². The van der Waals surface area contributed by atoms with Crippen molar-refractivity contribution < 1.29 is 9.59 Å². The largest absolute Gasteiger partial charge is 0.355 e. The first-order valence-corrected chi connectivity index (χ1v) is 7.76. The number of amides is 1. The predicted molar refractivity (Wildman–Crippen MR) is 92.2 cm³/mol. The maximum Gasteiger partial charge on any atom is 0.257 e. The SMILES string of the molecule is CNC(=O)/C(=C/c1ccnc(NCc2ccccc2)n1)SC=O. The minimum absolute atomic E-state index is 0.273. The van der Waals surface area contributed by atoms with Crippen molar-refractivity contribution in [2.24, 2.45) is 0 Å². The Bertz CT molecular complexity index is 704. The summed E-state index contributed by atoms with van der Waals surface area (Å²) in [5, 5.41) is 5.61. The Labute approximate surface area is 138 Å². The number of thioether (sulfide) groups is 1. The van der Waals surface area contributed by atoms with E-state index < -0.39 is 0 Å². The van der Waals surface area contributed by atoms with Crippen molar-refractivity contribution in [1.29, 1.82) is 0 Å². The Morgan fingerprint density at radius 3 is 2.74 bits per heavy atom. The fourth-order valence-corrected chi connectivity index (χ4v) is 2.28. The van der Waals surface area contributed by atoms with Crippen molar-refractivity contribution in [3.63, 3.8) is 0 Å². The van der Waals surface area contributed by atoms with Gasteiger partial charge in [-0.05, 0) is 29.5 Å². The van der Waals surface area contributed by atoms with Gasteiger partial charge in [0.1, 0.15) is 0 Å². The lowest BCUT2D eigenvalue weighted by molar-refractivity contribution is -0.116. The molecule has 1 aromatic carbocycles. The molecule has 0 aliphatic heterocycles. The zero-order chi connectivity index (χ0) is 16.5. The van der Waals surface area contributed by atoms with E-state index in [1.807, 2.05) is 30.3 Å². The summed E-state index contributed by atoms with van der Waals surface area (Å²) in [6.45, 7) is 0.597. The molecule has 0 bridgehead atoms. The number of rotatable bonds is 7. The average molecular weight is 328 g/mol. The van der Waals surface area contributed by atoms with Crippen LogP contribution in [0.5, 0.6) is 0 Å². The number of nitrogens with one attached hydrogen (secondary N) is 2. The fourth-order valence-electron chi connectivity index (χ4n) is 1.78. The number of hydrogen-bond acceptors (Lipinski definition) is 6. The Morgan fingerprint density at radius 2 is 2.04 bits per heavy atom. The second-order valence-electron chi connectivity index (χ2n) is 4.45. The molecule has 0 aliphatic rings. The van der Waals surface area contributed by atoms with Crippen molar-refractivity contribution in [2.75, 3.05) is 12.4 Å². The second kappa shape index (κ2) is 8.70. The van der Waals surface area contributed by atoms with Crippen molar-refractivity contribution >= 4 is 35.3 Å². The van der Waals surface area contributed by atoms with Gasteiger partial charge in [-0.15, -0.1) is 0 Å². The molecule has 23 heavy (non-hydrogen) atoms. The summed E-state index contributed by atoms with van der Waals surface area (Å²) < 4.78 is 0. The van der Waals surface area contributed by atoms with Gasteiger partial charge in [-0.2, -0.15) is 0 Å². The summed E-state index contributed by atoms with van der Waals surface area (Å²) >= 11 is 0.808. The fraction of sp³-hybridized carbons (Fsp3) is 0.125. The van der Waals surface area contributed by atoms with E-state index in [0.717, 1.165) is 17.3 Å². The van der Waals surface area contributed by atoms with Crippen LogP contribution in [-0.2, 0) is 16.1 Å². The zero-order valence-electron chi connectivity index (χ0n) is 12.5. The smallest absolute Gasteiger partial charge is 0.257 e. The van der Waals surface area contributed by atoms with Crippen LogP contribution in [0.15, 0.2) is 47.5 Å². The van der Waals surface area contributed by atoms with Gasteiger partial charge in [-0.25, -0.2) is 9.97 Å². The summed E-state index contributed by atoms with van der Waals surface area (Å²) in [7, 11) is 1.51. The number of likely N-dealkylation sites (N-methyl/N-ethyl adjacent to an activating group) is 1. The third kappa shape index (κ3) is 5.23. The summed E-state index contributed by atoms with van der Waals surface area (Å²) in [6, 6.07) is 11.5. The number of nitrogens with zero attached hydrogens (tertiary/aromatic N) is 2. The summed E-state index contributed by atoms with van der Waals surface area (Å²) in [5.74, 6) is 0.120. The van der Waals surface area contributed by atoms with Gasteiger partial charge < -0.3 is 10.6 Å². The molecule has 0 saturated heterocycles. The molecule has 0 fully saturated rings. The molecule has 0 radical (unpaired) electrons. The molecule has 118 valence electrons. The van der Waals surface area contributed by atoms with Gasteiger partial charge in [0.25, 0.3) is 5.91 Å². The second-order valence-corrected chi connectivity index (χ2v) is 5.31. The first-order chi connectivity index (χ1) is 11.2. The van der Waals surface area contributed by atoms with Crippen molar-refractivity contribution in [3.05, 3.63) is 58.8 Å². The number of carbonyl (C=O) groups excluding carboxylic acids is 2. The lowest BCUT2D eigenvalue weighted by Gasteiger charge is -2.06. The van der Waals surface area contributed by atoms with E-state index in [2.05, 4.69) is 20.6 Å². The van der Waals surface area contributed by atoms with Crippen LogP contribution in [0.3, 0.4) is 0 Å². The molecule has 2 aromatic rings. The highest BCUT2D eigenvalue weighted by atomic mass is 32.2. The maximum atomic E-state index is 11.7. The minimum Gasteiger partial charge on any atom is -0.355 e. The van der Waals surface area contributed by atoms with Crippen LogP contribution in [0.1, 0.15) is 11.3 Å². The van der Waals surface area contributed by atoms with E-state index in [-0.39, 0.29) is 10.8 Å². The molecule has 7 heteroatoms. The molecule has 0 spiro atoms. The Kier molecular flexibility index (Phi) is 6.31. The van der Waals surface area contributed by atoms with Gasteiger partial charge in [0.05, 0.1) is 10.6 Å². The third-order valence-electron chi connectivity index (χ3n) is 2.88. The van der Waals surface area contributed by atoms with Crippen LogP contribution >= 0.6 is 11.8 Å². The first-order valence-electron chi connectivity index (χ1n) is 6.88. The number of benzene rings is 1. The summed E-state index contributed by atoms with van der Waals surface area (Å²) in [6.07, 6.45) is 3.15. The van der Waals surface area contributed by atoms with E-state index in [9.17, 15) is 9.59 Å². The lowest BCUT2D eigenvalue weighted by atomic mass is 10.2. The molecule has 1 aromatic heterocycles. The van der Waals surface area contributed by atoms with E-state index >= 15 is 0 Å². The molecule has 1 heterocycles. The molecular weight excluding hydrogens is 312 g/mol. The van der Waals surface area contributed by atoms with Crippen LogP contribution in [0, 0.1) is 0 Å². The summed E-state index contributed by atoms with van der Waals surface area (Å²) in [4.78, 5) is 31.1. The van der Waals surface area contributed by atoms with Gasteiger partial charge >= 0.3 is 0 Å². The standard InChI is InChI=1S/C16H16N4O2S/c1-17-15(22)14(23-11-21)9-13-7-8-18-16(20-13)19-10-12-5-3-2-4-6-12/h2-9,11H,10H2,1H3,(H,17,22)(H,18,19,20)/b14-9-. The molecule has 2 N–H and O–H groups in total. The van der Waals surface area contributed by atoms with Crippen LogP contribution in [0.4, 0.5) is 5.95 Å². The number of carbonyl (C=O) groups is 2. The van der Waals surface area contributed by atoms with Crippen LogP contribution in [0.25, 0.3) is 6.08 Å². The molecule has 1 amide bonds. The van der Waals surface area contributed by atoms with E-state index in [1.54, 1.807) is 18.3 Å². The van der Waals surface area contributed by atoms with Crippen molar-refractivity contribution in [3.8, 4) is 0 Å². The van der Waals surface area contributed by atoms with Crippen molar-refractivity contribution in [1.82, 2.24) is 15.3 Å². The number of anilines is 1.